The molecule has 1 aromatic heterocycles. The number of aryl methyl sites for hydroxylation is 1. The zero-order chi connectivity index (χ0) is 13.4. The van der Waals surface area contributed by atoms with Gasteiger partial charge in [0.05, 0.1) is 6.10 Å². The minimum Gasteiger partial charge on any atom is -0.485 e. The summed E-state index contributed by atoms with van der Waals surface area (Å²) in [6.45, 7) is 1.91. The van der Waals surface area contributed by atoms with Gasteiger partial charge < -0.3 is 9.84 Å². The number of benzene rings is 1. The second kappa shape index (κ2) is 4.63. The minimum absolute atomic E-state index is 0.294. The Bertz CT molecular complexity index is 598. The number of hydrogen-bond acceptors (Lipinski definition) is 3. The van der Waals surface area contributed by atoms with Gasteiger partial charge >= 0.3 is 0 Å². The molecule has 0 amide bonds. The molecule has 0 saturated heterocycles. The molecule has 0 aliphatic carbocycles. The Morgan fingerprint density at radius 3 is 2.89 bits per heavy atom. The fraction of sp³-hybridized carbons (Fsp3) is 0.267. The third-order valence-electron chi connectivity index (χ3n) is 3.35. The van der Waals surface area contributed by atoms with Crippen molar-refractivity contribution in [3.63, 3.8) is 0 Å². The molecule has 0 saturated carbocycles. The van der Waals surface area contributed by atoms with Crippen molar-refractivity contribution in [3.8, 4) is 5.75 Å². The topological polar surface area (TPSA) is 42.4 Å². The molecule has 2 heterocycles. The number of pyridine rings is 1. The molecular weight excluding hydrogens is 245 g/mol. The number of fused-ring (bicyclic) bond motifs is 1. The molecule has 4 heteroatoms. The van der Waals surface area contributed by atoms with Gasteiger partial charge in [-0.25, -0.2) is 4.39 Å². The number of rotatable bonds is 1. The van der Waals surface area contributed by atoms with Gasteiger partial charge in [-0.2, -0.15) is 0 Å². The Morgan fingerprint density at radius 2 is 2.16 bits per heavy atom. The van der Waals surface area contributed by atoms with E-state index in [1.165, 1.54) is 12.1 Å². The monoisotopic (exact) mass is 259 g/mol. The summed E-state index contributed by atoms with van der Waals surface area (Å²) in [6.07, 6.45) is 1.24. The molecule has 3 rings (SSSR count). The minimum atomic E-state index is -0.643. The molecule has 1 N–H and O–H groups in total. The van der Waals surface area contributed by atoms with Crippen molar-refractivity contribution in [2.24, 2.45) is 0 Å². The molecule has 1 aliphatic heterocycles. The summed E-state index contributed by atoms with van der Waals surface area (Å²) >= 11 is 0. The Kier molecular flexibility index (Phi) is 2.95. The van der Waals surface area contributed by atoms with Crippen LogP contribution >= 0.6 is 0 Å². The van der Waals surface area contributed by atoms with Gasteiger partial charge in [0.25, 0.3) is 0 Å². The van der Waals surface area contributed by atoms with Crippen molar-refractivity contribution in [3.05, 3.63) is 59.2 Å². The van der Waals surface area contributed by atoms with Crippen molar-refractivity contribution >= 4 is 0 Å². The number of nitrogens with zero attached hydrogens (tertiary/aromatic N) is 1. The molecule has 2 aromatic rings. The summed E-state index contributed by atoms with van der Waals surface area (Å²) in [5.41, 5.74) is 2.45. The van der Waals surface area contributed by atoms with Crippen LogP contribution in [-0.2, 0) is 0 Å². The Labute approximate surface area is 110 Å². The number of aliphatic hydroxyl groups excluding tert-OH is 1. The highest BCUT2D eigenvalue weighted by Crippen LogP contribution is 2.40. The van der Waals surface area contributed by atoms with E-state index in [1.54, 1.807) is 12.3 Å². The quantitative estimate of drug-likeness (QED) is 0.855. The van der Waals surface area contributed by atoms with Gasteiger partial charge in [-0.3, -0.25) is 4.98 Å². The normalized spacial score (nSPS) is 21.6. The van der Waals surface area contributed by atoms with Crippen molar-refractivity contribution < 1.29 is 14.2 Å². The lowest BCUT2D eigenvalue weighted by atomic mass is 9.95. The van der Waals surface area contributed by atoms with Crippen molar-refractivity contribution in [2.45, 2.75) is 25.6 Å². The first-order chi connectivity index (χ1) is 9.13. The fourth-order valence-corrected chi connectivity index (χ4v) is 2.29. The van der Waals surface area contributed by atoms with E-state index in [2.05, 4.69) is 4.98 Å². The van der Waals surface area contributed by atoms with Crippen LogP contribution in [0.3, 0.4) is 0 Å². The molecule has 0 spiro atoms. The maximum atomic E-state index is 13.2. The van der Waals surface area contributed by atoms with E-state index in [9.17, 15) is 9.50 Å². The molecule has 1 aromatic carbocycles. The van der Waals surface area contributed by atoms with Gasteiger partial charge in [0.1, 0.15) is 17.7 Å². The van der Waals surface area contributed by atoms with E-state index in [4.69, 9.17) is 4.74 Å². The Hall–Kier alpha value is -1.94. The highest BCUT2D eigenvalue weighted by Gasteiger charge is 2.28. The molecule has 2 atom stereocenters. The van der Waals surface area contributed by atoms with Crippen LogP contribution in [0.15, 0.2) is 36.5 Å². The number of aromatic nitrogens is 1. The molecule has 19 heavy (non-hydrogen) atoms. The van der Waals surface area contributed by atoms with Crippen LogP contribution < -0.4 is 4.74 Å². The Balaban J connectivity index is 1.93. The summed E-state index contributed by atoms with van der Waals surface area (Å²) in [5.74, 6) is 0.0398. The highest BCUT2D eigenvalue weighted by atomic mass is 19.1. The predicted molar refractivity (Wildman–Crippen MR) is 68.3 cm³/mol. The van der Waals surface area contributed by atoms with Crippen LogP contribution in [0.25, 0.3) is 0 Å². The molecule has 1 unspecified atom stereocenters. The Morgan fingerprint density at radius 1 is 1.32 bits per heavy atom. The molecule has 0 fully saturated rings. The first-order valence-corrected chi connectivity index (χ1v) is 6.20. The summed E-state index contributed by atoms with van der Waals surface area (Å²) in [6, 6.07) is 8.03. The first-order valence-electron chi connectivity index (χ1n) is 6.20. The molecule has 0 bridgehead atoms. The standard InChI is InChI=1S/C15H14FNO2/c1-9-2-3-10(8-17-9)14-7-13(18)12-5-4-11(16)6-15(12)19-14/h2-6,8,13-14,18H,7H2,1H3/t13-,14?/m1/s1. The lowest BCUT2D eigenvalue weighted by Crippen LogP contribution is -2.19. The van der Waals surface area contributed by atoms with E-state index in [1.807, 2.05) is 19.1 Å². The average molecular weight is 259 g/mol. The third-order valence-corrected chi connectivity index (χ3v) is 3.35. The lowest BCUT2D eigenvalue weighted by Gasteiger charge is -2.29. The number of aliphatic hydroxyl groups is 1. The molecular formula is C15H14FNO2. The van der Waals surface area contributed by atoms with Crippen molar-refractivity contribution in [2.75, 3.05) is 0 Å². The van der Waals surface area contributed by atoms with E-state index in [0.29, 0.717) is 17.7 Å². The lowest BCUT2D eigenvalue weighted by molar-refractivity contribution is 0.0652. The maximum Gasteiger partial charge on any atom is 0.128 e. The molecule has 1 aliphatic rings. The molecule has 3 nitrogen and oxygen atoms in total. The van der Waals surface area contributed by atoms with Gasteiger partial charge in [0, 0.05) is 35.5 Å². The highest BCUT2D eigenvalue weighted by molar-refractivity contribution is 5.38. The largest absolute Gasteiger partial charge is 0.485 e. The van der Waals surface area contributed by atoms with Gasteiger partial charge in [-0.15, -0.1) is 0 Å². The van der Waals surface area contributed by atoms with Gasteiger partial charge in [-0.05, 0) is 25.1 Å². The van der Waals surface area contributed by atoms with E-state index >= 15 is 0 Å². The van der Waals surface area contributed by atoms with Crippen LogP contribution in [0.4, 0.5) is 4.39 Å². The number of hydrogen-bond donors (Lipinski definition) is 1. The number of ether oxygens (including phenoxy) is 1. The first kappa shape index (κ1) is 12.1. The van der Waals surface area contributed by atoms with Gasteiger partial charge in [0.15, 0.2) is 0 Å². The van der Waals surface area contributed by atoms with E-state index in [-0.39, 0.29) is 11.9 Å². The summed E-state index contributed by atoms with van der Waals surface area (Å²) in [7, 11) is 0. The molecule has 98 valence electrons. The summed E-state index contributed by atoms with van der Waals surface area (Å²) < 4.78 is 19.0. The zero-order valence-corrected chi connectivity index (χ0v) is 10.5. The van der Waals surface area contributed by atoms with E-state index < -0.39 is 6.10 Å². The van der Waals surface area contributed by atoms with Crippen molar-refractivity contribution in [1.29, 1.82) is 0 Å². The summed E-state index contributed by atoms with van der Waals surface area (Å²) in [5, 5.41) is 10.1. The summed E-state index contributed by atoms with van der Waals surface area (Å²) in [4.78, 5) is 4.22. The van der Waals surface area contributed by atoms with Crippen LogP contribution in [0.5, 0.6) is 5.75 Å². The average Bonchev–Trinajstić information content (AvgIpc) is 2.38. The molecule has 0 radical (unpaired) electrons. The van der Waals surface area contributed by atoms with Crippen LogP contribution in [0.2, 0.25) is 0 Å². The van der Waals surface area contributed by atoms with E-state index in [0.717, 1.165) is 11.3 Å². The second-order valence-electron chi connectivity index (χ2n) is 4.77. The third kappa shape index (κ3) is 2.31. The van der Waals surface area contributed by atoms with Crippen LogP contribution in [0.1, 0.15) is 35.4 Å². The SMILES string of the molecule is Cc1ccc(C2C[C@@H](O)c3ccc(F)cc3O2)cn1. The second-order valence-corrected chi connectivity index (χ2v) is 4.77. The van der Waals surface area contributed by atoms with Crippen LogP contribution in [0, 0.1) is 12.7 Å². The fourth-order valence-electron chi connectivity index (χ4n) is 2.29. The number of halogens is 1. The van der Waals surface area contributed by atoms with Crippen LogP contribution in [-0.4, -0.2) is 10.1 Å². The smallest absolute Gasteiger partial charge is 0.128 e. The van der Waals surface area contributed by atoms with Gasteiger partial charge in [-0.1, -0.05) is 6.07 Å². The zero-order valence-electron chi connectivity index (χ0n) is 10.5. The van der Waals surface area contributed by atoms with Crippen molar-refractivity contribution in [1.82, 2.24) is 4.98 Å². The predicted octanol–water partition coefficient (Wildman–Crippen LogP) is 3.09. The maximum absolute atomic E-state index is 13.2. The van der Waals surface area contributed by atoms with Gasteiger partial charge in [0.2, 0.25) is 0 Å².